The molecule has 6 heteroatoms. The zero-order valence-electron chi connectivity index (χ0n) is 10.9. The molecule has 0 amide bonds. The van der Waals surface area contributed by atoms with Crippen molar-refractivity contribution in [3.63, 3.8) is 0 Å². The Hall–Kier alpha value is -1.11. The predicted molar refractivity (Wildman–Crippen MR) is 74.3 cm³/mol. The molecule has 1 aromatic carbocycles. The number of hydrogen-bond donors (Lipinski definition) is 1. The van der Waals surface area contributed by atoms with E-state index in [1.54, 1.807) is 0 Å². The Labute approximate surface area is 114 Å². The van der Waals surface area contributed by atoms with Crippen LogP contribution < -0.4 is 9.46 Å². The Morgan fingerprint density at radius 3 is 2.47 bits per heavy atom. The van der Waals surface area contributed by atoms with Gasteiger partial charge in [-0.05, 0) is 25.0 Å². The Kier molecular flexibility index (Phi) is 5.18. The van der Waals surface area contributed by atoms with Crippen LogP contribution in [0.1, 0.15) is 19.3 Å². The minimum absolute atomic E-state index is 0.285. The molecular formula is C13H20N2O3S. The molecule has 2 rings (SSSR count). The lowest BCUT2D eigenvalue weighted by Gasteiger charge is -2.25. The first kappa shape index (κ1) is 14.3. The maximum Gasteiger partial charge on any atom is 0.279 e. The van der Waals surface area contributed by atoms with Crippen LogP contribution in [0.3, 0.4) is 0 Å². The molecule has 0 bridgehead atoms. The molecule has 1 saturated heterocycles. The van der Waals surface area contributed by atoms with Crippen molar-refractivity contribution < 1.29 is 13.2 Å². The van der Waals surface area contributed by atoms with Gasteiger partial charge in [-0.2, -0.15) is 17.4 Å². The SMILES string of the molecule is O=S(=O)(NCCOc1ccccc1)N1CCCCC1. The number of piperidine rings is 1. The molecule has 19 heavy (non-hydrogen) atoms. The number of nitrogens with one attached hydrogen (secondary N) is 1. The van der Waals surface area contributed by atoms with Gasteiger partial charge in [0.1, 0.15) is 12.4 Å². The van der Waals surface area contributed by atoms with E-state index in [1.807, 2.05) is 30.3 Å². The van der Waals surface area contributed by atoms with E-state index in [0.717, 1.165) is 25.0 Å². The standard InChI is InChI=1S/C13H20N2O3S/c16-19(17,15-10-5-2-6-11-15)14-9-12-18-13-7-3-1-4-8-13/h1,3-4,7-8,14H,2,5-6,9-12H2. The number of hydrogen-bond acceptors (Lipinski definition) is 3. The van der Waals surface area contributed by atoms with Crippen LogP contribution in [0.15, 0.2) is 30.3 Å². The normalized spacial score (nSPS) is 17.3. The molecule has 1 aliphatic rings. The van der Waals surface area contributed by atoms with Crippen LogP contribution in [-0.4, -0.2) is 39.0 Å². The third-order valence-corrected chi connectivity index (χ3v) is 4.67. The van der Waals surface area contributed by atoms with E-state index < -0.39 is 10.2 Å². The monoisotopic (exact) mass is 284 g/mol. The lowest BCUT2D eigenvalue weighted by atomic mass is 10.2. The first-order valence-electron chi connectivity index (χ1n) is 6.61. The molecule has 5 nitrogen and oxygen atoms in total. The molecule has 0 atom stereocenters. The van der Waals surface area contributed by atoms with Gasteiger partial charge >= 0.3 is 0 Å². The molecule has 0 aliphatic carbocycles. The van der Waals surface area contributed by atoms with E-state index in [-0.39, 0.29) is 6.54 Å². The fourth-order valence-corrected chi connectivity index (χ4v) is 3.32. The Bertz CT molecular complexity index is 470. The molecule has 1 N–H and O–H groups in total. The van der Waals surface area contributed by atoms with Crippen molar-refractivity contribution in [2.75, 3.05) is 26.2 Å². The fourth-order valence-electron chi connectivity index (χ4n) is 2.05. The summed E-state index contributed by atoms with van der Waals surface area (Å²) in [5.41, 5.74) is 0. The van der Waals surface area contributed by atoms with E-state index in [9.17, 15) is 8.42 Å². The highest BCUT2D eigenvalue weighted by Crippen LogP contribution is 2.11. The summed E-state index contributed by atoms with van der Waals surface area (Å²) in [6.07, 6.45) is 3.01. The fraction of sp³-hybridized carbons (Fsp3) is 0.538. The van der Waals surface area contributed by atoms with Crippen LogP contribution in [0.25, 0.3) is 0 Å². The average Bonchev–Trinajstić information content (AvgIpc) is 2.46. The van der Waals surface area contributed by atoms with Crippen molar-refractivity contribution in [3.05, 3.63) is 30.3 Å². The third kappa shape index (κ3) is 4.49. The maximum atomic E-state index is 12.0. The molecule has 1 heterocycles. The van der Waals surface area contributed by atoms with Gasteiger partial charge in [0.25, 0.3) is 10.2 Å². The van der Waals surface area contributed by atoms with Crippen molar-refractivity contribution in [1.82, 2.24) is 9.03 Å². The molecule has 0 unspecified atom stereocenters. The van der Waals surface area contributed by atoms with Crippen molar-refractivity contribution in [2.45, 2.75) is 19.3 Å². The van der Waals surface area contributed by atoms with Gasteiger partial charge < -0.3 is 4.74 Å². The summed E-state index contributed by atoms with van der Waals surface area (Å²) in [6.45, 7) is 1.86. The van der Waals surface area contributed by atoms with Gasteiger partial charge in [-0.25, -0.2) is 0 Å². The van der Waals surface area contributed by atoms with E-state index in [4.69, 9.17) is 4.74 Å². The van der Waals surface area contributed by atoms with Gasteiger partial charge in [-0.3, -0.25) is 0 Å². The lowest BCUT2D eigenvalue weighted by molar-refractivity contribution is 0.313. The Balaban J connectivity index is 1.72. The number of para-hydroxylation sites is 1. The van der Waals surface area contributed by atoms with E-state index >= 15 is 0 Å². The summed E-state index contributed by atoms with van der Waals surface area (Å²) in [7, 11) is -3.33. The lowest BCUT2D eigenvalue weighted by Crippen LogP contribution is -2.44. The van der Waals surface area contributed by atoms with Crippen LogP contribution in [-0.2, 0) is 10.2 Å². The highest BCUT2D eigenvalue weighted by molar-refractivity contribution is 7.87. The second-order valence-electron chi connectivity index (χ2n) is 4.52. The summed E-state index contributed by atoms with van der Waals surface area (Å²) < 4.78 is 33.4. The molecule has 0 radical (unpaired) electrons. The van der Waals surface area contributed by atoms with Crippen LogP contribution in [0.5, 0.6) is 5.75 Å². The van der Waals surface area contributed by atoms with Crippen molar-refractivity contribution in [1.29, 1.82) is 0 Å². The first-order chi connectivity index (χ1) is 9.18. The summed E-state index contributed by atoms with van der Waals surface area (Å²) in [4.78, 5) is 0. The largest absolute Gasteiger partial charge is 0.492 e. The van der Waals surface area contributed by atoms with Gasteiger partial charge in [0, 0.05) is 19.6 Å². The van der Waals surface area contributed by atoms with E-state index in [1.165, 1.54) is 4.31 Å². The molecule has 1 fully saturated rings. The van der Waals surface area contributed by atoms with Crippen LogP contribution in [0.4, 0.5) is 0 Å². The predicted octanol–water partition coefficient (Wildman–Crippen LogP) is 1.39. The van der Waals surface area contributed by atoms with Crippen molar-refractivity contribution in [2.24, 2.45) is 0 Å². The Morgan fingerprint density at radius 1 is 1.11 bits per heavy atom. The molecule has 106 valence electrons. The number of ether oxygens (including phenoxy) is 1. The van der Waals surface area contributed by atoms with E-state index in [2.05, 4.69) is 4.72 Å². The molecule has 1 aromatic rings. The minimum Gasteiger partial charge on any atom is -0.492 e. The van der Waals surface area contributed by atoms with Gasteiger partial charge in [0.2, 0.25) is 0 Å². The Morgan fingerprint density at radius 2 is 1.79 bits per heavy atom. The number of nitrogens with zero attached hydrogens (tertiary/aromatic N) is 1. The maximum absolute atomic E-state index is 12.0. The molecule has 0 aromatic heterocycles. The summed E-state index contributed by atoms with van der Waals surface area (Å²) in [5.74, 6) is 0.750. The summed E-state index contributed by atoms with van der Waals surface area (Å²) >= 11 is 0. The molecular weight excluding hydrogens is 264 g/mol. The highest BCUT2D eigenvalue weighted by Gasteiger charge is 2.22. The van der Waals surface area contributed by atoms with Gasteiger partial charge in [0.15, 0.2) is 0 Å². The zero-order valence-corrected chi connectivity index (χ0v) is 11.7. The number of benzene rings is 1. The topological polar surface area (TPSA) is 58.6 Å². The van der Waals surface area contributed by atoms with Gasteiger partial charge in [-0.1, -0.05) is 24.6 Å². The molecule has 0 spiro atoms. The average molecular weight is 284 g/mol. The highest BCUT2D eigenvalue weighted by atomic mass is 32.2. The van der Waals surface area contributed by atoms with Crippen LogP contribution >= 0.6 is 0 Å². The zero-order chi connectivity index (χ0) is 13.6. The minimum atomic E-state index is -3.33. The molecule has 0 saturated carbocycles. The van der Waals surface area contributed by atoms with E-state index in [0.29, 0.717) is 19.7 Å². The third-order valence-electron chi connectivity index (χ3n) is 3.05. The first-order valence-corrected chi connectivity index (χ1v) is 8.05. The van der Waals surface area contributed by atoms with Crippen molar-refractivity contribution >= 4 is 10.2 Å². The van der Waals surface area contributed by atoms with Gasteiger partial charge in [0.05, 0.1) is 0 Å². The summed E-state index contributed by atoms with van der Waals surface area (Å²) in [6, 6.07) is 9.37. The van der Waals surface area contributed by atoms with Crippen LogP contribution in [0, 0.1) is 0 Å². The second-order valence-corrected chi connectivity index (χ2v) is 6.28. The van der Waals surface area contributed by atoms with Crippen LogP contribution in [0.2, 0.25) is 0 Å². The summed E-state index contributed by atoms with van der Waals surface area (Å²) in [5, 5.41) is 0. The smallest absolute Gasteiger partial charge is 0.279 e. The second kappa shape index (κ2) is 6.88. The van der Waals surface area contributed by atoms with Gasteiger partial charge in [-0.15, -0.1) is 0 Å². The van der Waals surface area contributed by atoms with Crippen molar-refractivity contribution in [3.8, 4) is 5.75 Å². The molecule has 1 aliphatic heterocycles. The number of rotatable bonds is 6. The quantitative estimate of drug-likeness (QED) is 0.803.